The Balaban J connectivity index is 1.16. The Labute approximate surface area is 218 Å². The zero-order valence-corrected chi connectivity index (χ0v) is 22.5. The van der Waals surface area contributed by atoms with Crippen molar-refractivity contribution in [1.29, 1.82) is 0 Å². The van der Waals surface area contributed by atoms with Crippen molar-refractivity contribution in [2.45, 2.75) is 109 Å². The van der Waals surface area contributed by atoms with Crippen LogP contribution in [-0.2, 0) is 6.42 Å². The van der Waals surface area contributed by atoms with Crippen molar-refractivity contribution in [2.24, 2.45) is 17.8 Å². The Morgan fingerprint density at radius 3 is 1.94 bits per heavy atom. The monoisotopic (exact) mass is 492 g/mol. The van der Waals surface area contributed by atoms with E-state index in [1.807, 2.05) is 19.1 Å². The minimum Gasteiger partial charge on any atom is -0.207 e. The zero-order valence-electron chi connectivity index (χ0n) is 22.5. The van der Waals surface area contributed by atoms with E-state index in [0.717, 1.165) is 36.2 Å². The standard InChI is InChI=1S/C34H46F2/c1-3-4-6-11-32-33(35)23-31(24-34(32)36)30-20-18-27(19-21-30)13-12-26-14-16-28(17-15-26)22-25(2)29-9-7-5-8-10-29/h3-5,7-10,23-28,30H,6,11-22H2,1-2H3/b4-3+/t25-,26?,27?,28?,30?/m1/s1. The van der Waals surface area contributed by atoms with Crippen LogP contribution in [0.3, 0.4) is 0 Å². The summed E-state index contributed by atoms with van der Waals surface area (Å²) in [6.07, 6.45) is 19.2. The Morgan fingerprint density at radius 2 is 1.36 bits per heavy atom. The molecule has 2 aliphatic carbocycles. The summed E-state index contributed by atoms with van der Waals surface area (Å²) in [4.78, 5) is 0. The average molecular weight is 493 g/mol. The Bertz CT molecular complexity index is 923. The van der Waals surface area contributed by atoms with Crippen LogP contribution in [-0.4, -0.2) is 0 Å². The number of hydrogen-bond donors (Lipinski definition) is 0. The molecule has 1 atom stereocenters. The predicted molar refractivity (Wildman–Crippen MR) is 148 cm³/mol. The fourth-order valence-electron chi connectivity index (χ4n) is 6.92. The van der Waals surface area contributed by atoms with Gasteiger partial charge in [-0.25, -0.2) is 8.78 Å². The van der Waals surface area contributed by atoms with Gasteiger partial charge >= 0.3 is 0 Å². The molecular formula is C34H46F2. The molecule has 0 spiro atoms. The van der Waals surface area contributed by atoms with Crippen molar-refractivity contribution >= 4 is 0 Å². The average Bonchev–Trinajstić information content (AvgIpc) is 2.90. The summed E-state index contributed by atoms with van der Waals surface area (Å²) >= 11 is 0. The zero-order chi connectivity index (χ0) is 25.3. The summed E-state index contributed by atoms with van der Waals surface area (Å²) in [6.45, 7) is 4.32. The first kappa shape index (κ1) is 27.1. The van der Waals surface area contributed by atoms with E-state index in [2.05, 4.69) is 37.3 Å². The van der Waals surface area contributed by atoms with Crippen LogP contribution in [0.5, 0.6) is 0 Å². The molecule has 2 aromatic carbocycles. The fourth-order valence-corrected chi connectivity index (χ4v) is 6.92. The van der Waals surface area contributed by atoms with E-state index in [4.69, 9.17) is 0 Å². The second-order valence-corrected chi connectivity index (χ2v) is 11.8. The maximum atomic E-state index is 14.6. The molecular weight excluding hydrogens is 446 g/mol. The van der Waals surface area contributed by atoms with Crippen LogP contribution in [0.25, 0.3) is 0 Å². The van der Waals surface area contributed by atoms with Crippen molar-refractivity contribution in [3.63, 3.8) is 0 Å². The van der Waals surface area contributed by atoms with E-state index in [1.165, 1.54) is 63.4 Å². The molecule has 0 amide bonds. The molecule has 36 heavy (non-hydrogen) atoms. The summed E-state index contributed by atoms with van der Waals surface area (Å²) in [7, 11) is 0. The van der Waals surface area contributed by atoms with Crippen molar-refractivity contribution in [3.8, 4) is 0 Å². The third kappa shape index (κ3) is 7.53. The first-order valence-corrected chi connectivity index (χ1v) is 14.7. The van der Waals surface area contributed by atoms with Crippen LogP contribution >= 0.6 is 0 Å². The molecule has 2 saturated carbocycles. The summed E-state index contributed by atoms with van der Waals surface area (Å²) in [5.41, 5.74) is 2.61. The molecule has 196 valence electrons. The van der Waals surface area contributed by atoms with Gasteiger partial charge in [-0.3, -0.25) is 0 Å². The molecule has 2 aliphatic rings. The highest BCUT2D eigenvalue weighted by molar-refractivity contribution is 5.29. The van der Waals surface area contributed by atoms with E-state index >= 15 is 0 Å². The van der Waals surface area contributed by atoms with E-state index in [9.17, 15) is 8.78 Å². The number of hydrogen-bond acceptors (Lipinski definition) is 0. The highest BCUT2D eigenvalue weighted by Crippen LogP contribution is 2.41. The van der Waals surface area contributed by atoms with Gasteiger partial charge in [0.2, 0.25) is 0 Å². The maximum absolute atomic E-state index is 14.6. The summed E-state index contributed by atoms with van der Waals surface area (Å²) in [5, 5.41) is 0. The molecule has 0 aromatic heterocycles. The lowest BCUT2D eigenvalue weighted by Crippen LogP contribution is -2.18. The van der Waals surface area contributed by atoms with Gasteiger partial charge in [-0.1, -0.05) is 87.9 Å². The summed E-state index contributed by atoms with van der Waals surface area (Å²) in [5.74, 6) is 2.87. The molecule has 0 nitrogen and oxygen atoms in total. The summed E-state index contributed by atoms with van der Waals surface area (Å²) < 4.78 is 29.2. The van der Waals surface area contributed by atoms with E-state index in [1.54, 1.807) is 12.1 Å². The largest absolute Gasteiger partial charge is 0.207 e. The van der Waals surface area contributed by atoms with Crippen LogP contribution in [0.15, 0.2) is 54.6 Å². The maximum Gasteiger partial charge on any atom is 0.129 e. The van der Waals surface area contributed by atoms with E-state index < -0.39 is 0 Å². The normalized spacial score (nSPS) is 25.8. The highest BCUT2D eigenvalue weighted by atomic mass is 19.1. The van der Waals surface area contributed by atoms with Gasteiger partial charge in [0.15, 0.2) is 0 Å². The molecule has 2 heteroatoms. The third-order valence-corrected chi connectivity index (χ3v) is 9.28. The van der Waals surface area contributed by atoms with Crippen molar-refractivity contribution in [3.05, 3.63) is 82.9 Å². The minimum atomic E-state index is -0.356. The molecule has 0 unspecified atom stereocenters. The second-order valence-electron chi connectivity index (χ2n) is 11.8. The molecule has 0 bridgehead atoms. The SMILES string of the molecule is C/C=C/CCc1c(F)cc(C2CCC(CCC3CCC(C[C@@H](C)c4ccccc4)CC3)CC2)cc1F. The molecule has 0 radical (unpaired) electrons. The summed E-state index contributed by atoms with van der Waals surface area (Å²) in [6, 6.07) is 14.2. The lowest BCUT2D eigenvalue weighted by atomic mass is 9.73. The lowest BCUT2D eigenvalue weighted by Gasteiger charge is -2.33. The van der Waals surface area contributed by atoms with E-state index in [-0.39, 0.29) is 17.2 Å². The fraction of sp³-hybridized carbons (Fsp3) is 0.588. The van der Waals surface area contributed by atoms with Gasteiger partial charge in [-0.05, 0) is 105 Å². The molecule has 0 N–H and O–H groups in total. The number of benzene rings is 2. The molecule has 0 saturated heterocycles. The quantitative estimate of drug-likeness (QED) is 0.289. The third-order valence-electron chi connectivity index (χ3n) is 9.28. The van der Waals surface area contributed by atoms with Gasteiger partial charge in [0, 0.05) is 5.56 Å². The minimum absolute atomic E-state index is 0.245. The molecule has 0 heterocycles. The number of allylic oxidation sites excluding steroid dienone is 2. The van der Waals surface area contributed by atoms with Gasteiger partial charge in [0.05, 0.1) is 0 Å². The predicted octanol–water partition coefficient (Wildman–Crippen LogP) is 10.5. The van der Waals surface area contributed by atoms with Gasteiger partial charge < -0.3 is 0 Å². The van der Waals surface area contributed by atoms with Gasteiger partial charge in [0.25, 0.3) is 0 Å². The molecule has 2 aromatic rings. The van der Waals surface area contributed by atoms with Gasteiger partial charge in [-0.15, -0.1) is 0 Å². The first-order chi connectivity index (χ1) is 17.5. The van der Waals surface area contributed by atoms with Crippen LogP contribution in [0, 0.1) is 29.4 Å². The Morgan fingerprint density at radius 1 is 0.806 bits per heavy atom. The highest BCUT2D eigenvalue weighted by Gasteiger charge is 2.27. The van der Waals surface area contributed by atoms with Gasteiger partial charge in [-0.2, -0.15) is 0 Å². The second kappa shape index (κ2) is 13.5. The van der Waals surface area contributed by atoms with Crippen molar-refractivity contribution in [1.82, 2.24) is 0 Å². The van der Waals surface area contributed by atoms with Crippen LogP contribution in [0.4, 0.5) is 8.78 Å². The number of rotatable bonds is 10. The Kier molecular flexibility index (Phi) is 10.2. The first-order valence-electron chi connectivity index (χ1n) is 14.7. The van der Waals surface area contributed by atoms with Crippen molar-refractivity contribution < 1.29 is 8.78 Å². The topological polar surface area (TPSA) is 0 Å². The molecule has 0 aliphatic heterocycles. The molecule has 2 fully saturated rings. The van der Waals surface area contributed by atoms with E-state index in [0.29, 0.717) is 24.7 Å². The van der Waals surface area contributed by atoms with Crippen LogP contribution in [0.1, 0.15) is 119 Å². The van der Waals surface area contributed by atoms with Crippen LogP contribution < -0.4 is 0 Å². The Hall–Kier alpha value is -1.96. The molecule has 4 rings (SSSR count). The van der Waals surface area contributed by atoms with Crippen LogP contribution in [0.2, 0.25) is 0 Å². The van der Waals surface area contributed by atoms with Gasteiger partial charge in [0.1, 0.15) is 11.6 Å². The smallest absolute Gasteiger partial charge is 0.129 e. The lowest BCUT2D eigenvalue weighted by molar-refractivity contribution is 0.220. The number of halogens is 2. The van der Waals surface area contributed by atoms with Crippen molar-refractivity contribution in [2.75, 3.05) is 0 Å².